The minimum Gasteiger partial charge on any atom is -0.373 e. The molecule has 0 radical (unpaired) electrons. The van der Waals surface area contributed by atoms with Crippen molar-refractivity contribution < 1.29 is 13.2 Å². The summed E-state index contributed by atoms with van der Waals surface area (Å²) in [6, 6.07) is 0. The summed E-state index contributed by atoms with van der Waals surface area (Å²) in [6.45, 7) is 10.3. The maximum atomic E-state index is 12.5. The van der Waals surface area contributed by atoms with Crippen molar-refractivity contribution in [2.24, 2.45) is 10.9 Å². The molecule has 1 heterocycles. The van der Waals surface area contributed by atoms with Crippen LogP contribution >= 0.6 is 24.0 Å². The molecule has 1 aliphatic heterocycles. The predicted molar refractivity (Wildman–Crippen MR) is 119 cm³/mol. The van der Waals surface area contributed by atoms with Crippen molar-refractivity contribution in [1.82, 2.24) is 14.9 Å². The molecular formula is C17H37IN4O3S. The van der Waals surface area contributed by atoms with Crippen molar-refractivity contribution in [1.29, 1.82) is 0 Å². The van der Waals surface area contributed by atoms with Gasteiger partial charge in [-0.25, -0.2) is 8.42 Å². The third-order valence-corrected chi connectivity index (χ3v) is 5.96. The fourth-order valence-corrected chi connectivity index (χ4v) is 4.38. The molecule has 2 N–H and O–H groups in total. The fourth-order valence-electron chi connectivity index (χ4n) is 2.89. The van der Waals surface area contributed by atoms with Gasteiger partial charge in [0.25, 0.3) is 0 Å². The predicted octanol–water partition coefficient (Wildman–Crippen LogP) is 2.03. The molecule has 26 heavy (non-hydrogen) atoms. The number of unbranched alkanes of at least 4 members (excludes halogenated alkanes) is 1. The summed E-state index contributed by atoms with van der Waals surface area (Å²) in [4.78, 5) is 4.14. The number of halogens is 1. The molecule has 7 nitrogen and oxygen atoms in total. The van der Waals surface area contributed by atoms with Crippen LogP contribution in [0.25, 0.3) is 0 Å². The Hall–Kier alpha value is -0.130. The summed E-state index contributed by atoms with van der Waals surface area (Å²) in [7, 11) is -1.59. The molecule has 2 unspecified atom stereocenters. The first-order valence-electron chi connectivity index (χ1n) is 9.32. The molecule has 0 saturated carbocycles. The third kappa shape index (κ3) is 10.3. The maximum Gasteiger partial charge on any atom is 0.216 e. The van der Waals surface area contributed by atoms with E-state index < -0.39 is 10.0 Å². The number of sulfonamides is 1. The Bertz CT molecular complexity index is 504. The Kier molecular flexibility index (Phi) is 13.0. The second-order valence-corrected chi connectivity index (χ2v) is 9.29. The minimum absolute atomic E-state index is 0. The Balaban J connectivity index is 0.00000625. The molecule has 2 atom stereocenters. The maximum absolute atomic E-state index is 12.5. The Labute approximate surface area is 176 Å². The van der Waals surface area contributed by atoms with Gasteiger partial charge < -0.3 is 15.4 Å². The molecular weight excluding hydrogens is 467 g/mol. The molecule has 0 aliphatic carbocycles. The quantitative estimate of drug-likeness (QED) is 0.217. The molecule has 0 aromatic carbocycles. The van der Waals surface area contributed by atoms with Gasteiger partial charge in [0.2, 0.25) is 10.0 Å². The highest BCUT2D eigenvalue weighted by atomic mass is 127. The van der Waals surface area contributed by atoms with E-state index in [1.807, 2.05) is 13.8 Å². The summed E-state index contributed by atoms with van der Waals surface area (Å²) < 4.78 is 32.1. The number of nitrogens with one attached hydrogen (secondary N) is 2. The summed E-state index contributed by atoms with van der Waals surface area (Å²) >= 11 is 0. The van der Waals surface area contributed by atoms with E-state index in [0.717, 1.165) is 18.9 Å². The van der Waals surface area contributed by atoms with E-state index in [-0.39, 0.29) is 41.9 Å². The van der Waals surface area contributed by atoms with Crippen molar-refractivity contribution in [2.75, 3.05) is 39.0 Å². The lowest BCUT2D eigenvalue weighted by Crippen LogP contribution is -2.50. The van der Waals surface area contributed by atoms with E-state index in [0.29, 0.717) is 25.6 Å². The molecule has 0 spiro atoms. The van der Waals surface area contributed by atoms with Gasteiger partial charge in [0, 0.05) is 33.2 Å². The Morgan fingerprint density at radius 1 is 1.15 bits per heavy atom. The number of hydrogen-bond donors (Lipinski definition) is 2. The second-order valence-electron chi connectivity index (χ2n) is 7.21. The van der Waals surface area contributed by atoms with Crippen molar-refractivity contribution in [3.8, 4) is 0 Å². The summed E-state index contributed by atoms with van der Waals surface area (Å²) in [5, 5.41) is 6.32. The van der Waals surface area contributed by atoms with Crippen LogP contribution in [0.2, 0.25) is 0 Å². The van der Waals surface area contributed by atoms with E-state index >= 15 is 0 Å². The highest BCUT2D eigenvalue weighted by Crippen LogP contribution is 2.14. The van der Waals surface area contributed by atoms with Crippen LogP contribution in [0.5, 0.6) is 0 Å². The molecule has 0 aromatic heterocycles. The van der Waals surface area contributed by atoms with Gasteiger partial charge in [0.05, 0.1) is 18.0 Å². The fraction of sp³-hybridized carbons (Fsp3) is 0.941. The lowest BCUT2D eigenvalue weighted by molar-refractivity contribution is -0.0440. The zero-order valence-electron chi connectivity index (χ0n) is 16.8. The number of guanidine groups is 1. The van der Waals surface area contributed by atoms with E-state index in [1.165, 1.54) is 17.1 Å². The molecule has 0 bridgehead atoms. The Morgan fingerprint density at radius 2 is 1.73 bits per heavy atom. The lowest BCUT2D eigenvalue weighted by Gasteiger charge is -2.34. The number of ether oxygens (including phenoxy) is 1. The van der Waals surface area contributed by atoms with Crippen LogP contribution in [-0.4, -0.2) is 69.9 Å². The van der Waals surface area contributed by atoms with Gasteiger partial charge in [0.15, 0.2) is 5.96 Å². The monoisotopic (exact) mass is 504 g/mol. The highest BCUT2D eigenvalue weighted by Gasteiger charge is 2.30. The van der Waals surface area contributed by atoms with Crippen molar-refractivity contribution in [2.45, 2.75) is 59.2 Å². The molecule has 1 aliphatic rings. The van der Waals surface area contributed by atoms with Gasteiger partial charge in [0.1, 0.15) is 0 Å². The van der Waals surface area contributed by atoms with Crippen LogP contribution in [-0.2, 0) is 14.8 Å². The average Bonchev–Trinajstić information content (AvgIpc) is 2.51. The molecule has 1 fully saturated rings. The normalized spacial score (nSPS) is 22.2. The van der Waals surface area contributed by atoms with Crippen LogP contribution in [0.4, 0.5) is 0 Å². The van der Waals surface area contributed by atoms with Gasteiger partial charge in [-0.05, 0) is 26.2 Å². The first-order valence-corrected chi connectivity index (χ1v) is 10.9. The molecule has 1 rings (SSSR count). The number of aliphatic imine (C=N–C) groups is 1. The average molecular weight is 504 g/mol. The van der Waals surface area contributed by atoms with E-state index in [9.17, 15) is 8.42 Å². The number of nitrogens with zero attached hydrogens (tertiary/aromatic N) is 2. The number of rotatable bonds is 9. The lowest BCUT2D eigenvalue weighted by atomic mass is 10.1. The largest absolute Gasteiger partial charge is 0.373 e. The van der Waals surface area contributed by atoms with Gasteiger partial charge in [-0.2, -0.15) is 4.31 Å². The third-order valence-electron chi connectivity index (χ3n) is 4.16. The number of hydrogen-bond acceptors (Lipinski definition) is 4. The van der Waals surface area contributed by atoms with Crippen LogP contribution in [0, 0.1) is 5.92 Å². The zero-order chi connectivity index (χ0) is 18.9. The molecule has 0 aromatic rings. The number of morpholine rings is 1. The first kappa shape index (κ1) is 25.9. The Morgan fingerprint density at radius 3 is 2.27 bits per heavy atom. The van der Waals surface area contributed by atoms with E-state index in [2.05, 4.69) is 29.5 Å². The smallest absolute Gasteiger partial charge is 0.216 e. The molecule has 1 saturated heterocycles. The SMILES string of the molecule is CN=C(NCCCCC(C)C)NCCS(=O)(=O)N1CC(C)OC(C)C1.I. The van der Waals surface area contributed by atoms with Crippen LogP contribution in [0.15, 0.2) is 4.99 Å². The van der Waals surface area contributed by atoms with E-state index in [4.69, 9.17) is 4.74 Å². The first-order chi connectivity index (χ1) is 11.7. The zero-order valence-corrected chi connectivity index (χ0v) is 20.0. The molecule has 9 heteroatoms. The standard InChI is InChI=1S/C17H36N4O3S.HI/c1-14(2)8-6-7-9-19-17(18-5)20-10-11-25(22,23)21-12-15(3)24-16(4)13-21;/h14-16H,6-13H2,1-5H3,(H2,18,19,20);1H. The van der Waals surface area contributed by atoms with Gasteiger partial charge >= 0.3 is 0 Å². The highest BCUT2D eigenvalue weighted by molar-refractivity contribution is 14.0. The molecule has 156 valence electrons. The topological polar surface area (TPSA) is 83.0 Å². The summed E-state index contributed by atoms with van der Waals surface area (Å²) in [5.41, 5.74) is 0. The van der Waals surface area contributed by atoms with Crippen LogP contribution in [0.3, 0.4) is 0 Å². The van der Waals surface area contributed by atoms with Crippen LogP contribution in [0.1, 0.15) is 47.0 Å². The van der Waals surface area contributed by atoms with Gasteiger partial charge in [-0.15, -0.1) is 24.0 Å². The minimum atomic E-state index is -3.28. The molecule has 0 amide bonds. The van der Waals surface area contributed by atoms with E-state index in [1.54, 1.807) is 7.05 Å². The van der Waals surface area contributed by atoms with Gasteiger partial charge in [-0.1, -0.05) is 26.7 Å². The van der Waals surface area contributed by atoms with Crippen molar-refractivity contribution >= 4 is 40.0 Å². The van der Waals surface area contributed by atoms with Crippen molar-refractivity contribution in [3.05, 3.63) is 0 Å². The van der Waals surface area contributed by atoms with Crippen LogP contribution < -0.4 is 10.6 Å². The second kappa shape index (κ2) is 13.1. The van der Waals surface area contributed by atoms with Gasteiger partial charge in [-0.3, -0.25) is 4.99 Å². The van der Waals surface area contributed by atoms with Crippen molar-refractivity contribution in [3.63, 3.8) is 0 Å². The summed E-state index contributed by atoms with van der Waals surface area (Å²) in [5.74, 6) is 1.44. The summed E-state index contributed by atoms with van der Waals surface area (Å²) in [6.07, 6.45) is 3.37.